The van der Waals surface area contributed by atoms with Crippen LogP contribution in [0.15, 0.2) is 0 Å². The Bertz CT molecular complexity index is 172. The van der Waals surface area contributed by atoms with Crippen molar-refractivity contribution in [1.29, 1.82) is 0 Å². The van der Waals surface area contributed by atoms with E-state index in [1.165, 1.54) is 32.1 Å². The smallest absolute Gasteiger partial charge is 0.0433 e. The molecule has 0 amide bonds. The van der Waals surface area contributed by atoms with E-state index in [2.05, 4.69) is 36.4 Å². The Morgan fingerprint density at radius 3 is 2.47 bits per heavy atom. The summed E-state index contributed by atoms with van der Waals surface area (Å²) in [7, 11) is 0. The molecular weight excluding hydrogens is 299 g/mol. The van der Waals surface area contributed by atoms with Gasteiger partial charge in [-0.05, 0) is 49.9 Å². The summed E-state index contributed by atoms with van der Waals surface area (Å²) in [6, 6.07) is 0. The van der Waals surface area contributed by atoms with Gasteiger partial charge in [0.2, 0.25) is 0 Å². The summed E-state index contributed by atoms with van der Waals surface area (Å²) in [5.41, 5.74) is 0. The van der Waals surface area contributed by atoms with Crippen molar-refractivity contribution in [3.63, 3.8) is 0 Å². The summed E-state index contributed by atoms with van der Waals surface area (Å²) in [6.07, 6.45) is 7.78. The summed E-state index contributed by atoms with van der Waals surface area (Å²) >= 11 is 2.63. The fraction of sp³-hybridized carbons (Fsp3) is 1.00. The third-order valence-corrected chi connectivity index (χ3v) is 4.78. The van der Waals surface area contributed by atoms with Crippen molar-refractivity contribution >= 4 is 22.6 Å². The summed E-state index contributed by atoms with van der Waals surface area (Å²) in [4.78, 5) is 0. The van der Waals surface area contributed by atoms with Crippen molar-refractivity contribution in [2.24, 2.45) is 17.8 Å². The third-order valence-electron chi connectivity index (χ3n) is 3.76. The molecule has 15 heavy (non-hydrogen) atoms. The van der Waals surface area contributed by atoms with E-state index in [4.69, 9.17) is 5.11 Å². The van der Waals surface area contributed by atoms with E-state index in [1.807, 2.05) is 0 Å². The van der Waals surface area contributed by atoms with Crippen molar-refractivity contribution in [3.05, 3.63) is 0 Å². The second-order valence-electron chi connectivity index (χ2n) is 5.30. The van der Waals surface area contributed by atoms with Crippen molar-refractivity contribution < 1.29 is 5.11 Å². The Morgan fingerprint density at radius 2 is 1.87 bits per heavy atom. The van der Waals surface area contributed by atoms with E-state index in [-0.39, 0.29) is 0 Å². The van der Waals surface area contributed by atoms with E-state index < -0.39 is 0 Å². The maximum atomic E-state index is 9.08. The Kier molecular flexibility index (Phi) is 6.51. The molecule has 1 aliphatic carbocycles. The number of hydrogen-bond acceptors (Lipinski definition) is 1. The molecule has 1 fully saturated rings. The Balaban J connectivity index is 2.52. The number of hydrogen-bond donors (Lipinski definition) is 1. The van der Waals surface area contributed by atoms with Crippen LogP contribution in [0.25, 0.3) is 0 Å². The molecule has 90 valence electrons. The first-order valence-electron chi connectivity index (χ1n) is 6.40. The van der Waals surface area contributed by atoms with Gasteiger partial charge in [-0.3, -0.25) is 0 Å². The zero-order chi connectivity index (χ0) is 11.3. The SMILES string of the molecule is CC[C@@H]1CC(I)CC(C)CC(CCO)C1. The van der Waals surface area contributed by atoms with Gasteiger partial charge < -0.3 is 5.11 Å². The molecule has 0 aromatic heterocycles. The molecule has 1 saturated carbocycles. The molecule has 1 nitrogen and oxygen atoms in total. The number of aliphatic hydroxyl groups excluding tert-OH is 1. The topological polar surface area (TPSA) is 20.2 Å². The largest absolute Gasteiger partial charge is 0.396 e. The number of alkyl halides is 1. The van der Waals surface area contributed by atoms with Gasteiger partial charge in [0, 0.05) is 10.5 Å². The Labute approximate surface area is 108 Å². The van der Waals surface area contributed by atoms with Gasteiger partial charge in [-0.2, -0.15) is 0 Å². The number of rotatable bonds is 3. The summed E-state index contributed by atoms with van der Waals surface area (Å²) in [5.74, 6) is 2.52. The first kappa shape index (κ1) is 13.8. The van der Waals surface area contributed by atoms with Crippen molar-refractivity contribution in [3.8, 4) is 0 Å². The van der Waals surface area contributed by atoms with E-state index in [9.17, 15) is 0 Å². The van der Waals surface area contributed by atoms with Crippen LogP contribution in [0.5, 0.6) is 0 Å². The van der Waals surface area contributed by atoms with Gasteiger partial charge in [0.1, 0.15) is 0 Å². The predicted molar refractivity (Wildman–Crippen MR) is 74.4 cm³/mol. The van der Waals surface area contributed by atoms with Crippen LogP contribution < -0.4 is 0 Å². The van der Waals surface area contributed by atoms with Crippen molar-refractivity contribution in [2.75, 3.05) is 6.61 Å². The molecule has 0 radical (unpaired) electrons. The van der Waals surface area contributed by atoms with Gasteiger partial charge >= 0.3 is 0 Å². The molecule has 3 unspecified atom stereocenters. The van der Waals surface area contributed by atoms with Crippen LogP contribution in [0, 0.1) is 17.8 Å². The molecule has 0 saturated heterocycles. The van der Waals surface area contributed by atoms with Crippen LogP contribution in [0.4, 0.5) is 0 Å². The van der Waals surface area contributed by atoms with Crippen LogP contribution >= 0.6 is 22.6 Å². The van der Waals surface area contributed by atoms with E-state index in [1.54, 1.807) is 0 Å². The third kappa shape index (κ3) is 5.03. The Hall–Kier alpha value is 0.690. The van der Waals surface area contributed by atoms with Crippen LogP contribution in [-0.4, -0.2) is 15.6 Å². The quantitative estimate of drug-likeness (QED) is 0.614. The maximum Gasteiger partial charge on any atom is 0.0433 e. The van der Waals surface area contributed by atoms with Gasteiger partial charge in [-0.15, -0.1) is 0 Å². The highest BCUT2D eigenvalue weighted by atomic mass is 127. The van der Waals surface area contributed by atoms with Gasteiger partial charge in [-0.25, -0.2) is 0 Å². The van der Waals surface area contributed by atoms with Gasteiger partial charge in [0.25, 0.3) is 0 Å². The molecule has 2 heteroatoms. The number of halogens is 1. The van der Waals surface area contributed by atoms with Crippen LogP contribution in [0.2, 0.25) is 0 Å². The molecule has 0 aromatic carbocycles. The van der Waals surface area contributed by atoms with Gasteiger partial charge in [0.15, 0.2) is 0 Å². The van der Waals surface area contributed by atoms with Gasteiger partial charge in [-0.1, -0.05) is 42.9 Å². The highest BCUT2D eigenvalue weighted by Crippen LogP contribution is 2.35. The highest BCUT2D eigenvalue weighted by Gasteiger charge is 2.24. The minimum Gasteiger partial charge on any atom is -0.396 e. The second kappa shape index (κ2) is 7.10. The lowest BCUT2D eigenvalue weighted by atomic mass is 9.78. The lowest BCUT2D eigenvalue weighted by Crippen LogP contribution is -2.21. The fourth-order valence-corrected chi connectivity index (χ4v) is 4.56. The maximum absolute atomic E-state index is 9.08. The molecule has 4 atom stereocenters. The van der Waals surface area contributed by atoms with Crippen LogP contribution in [0.3, 0.4) is 0 Å². The molecule has 0 heterocycles. The van der Waals surface area contributed by atoms with E-state index in [0.29, 0.717) is 6.61 Å². The minimum absolute atomic E-state index is 0.376. The number of aliphatic hydroxyl groups is 1. The molecule has 0 bridgehead atoms. The van der Waals surface area contributed by atoms with Crippen LogP contribution in [0.1, 0.15) is 52.4 Å². The molecule has 1 rings (SSSR count). The zero-order valence-corrected chi connectivity index (χ0v) is 12.2. The molecular formula is C13H25IO. The van der Waals surface area contributed by atoms with Crippen molar-refractivity contribution in [2.45, 2.75) is 56.3 Å². The predicted octanol–water partition coefficient (Wildman–Crippen LogP) is 4.02. The summed E-state index contributed by atoms with van der Waals surface area (Å²) in [6.45, 7) is 5.07. The fourth-order valence-electron chi connectivity index (χ4n) is 2.98. The van der Waals surface area contributed by atoms with E-state index >= 15 is 0 Å². The van der Waals surface area contributed by atoms with E-state index in [0.717, 1.165) is 28.1 Å². The highest BCUT2D eigenvalue weighted by molar-refractivity contribution is 14.1. The molecule has 0 spiro atoms. The molecule has 1 aliphatic rings. The zero-order valence-electron chi connectivity index (χ0n) is 10.1. The molecule has 1 N–H and O–H groups in total. The standard InChI is InChI=1S/C13H25IO/c1-3-11-8-12(4-5-15)6-10(2)7-13(14)9-11/h10-13,15H,3-9H2,1-2H3/t10?,11-,12?,13?/m0/s1. The summed E-state index contributed by atoms with van der Waals surface area (Å²) in [5, 5.41) is 9.08. The average Bonchev–Trinajstić information content (AvgIpc) is 2.14. The van der Waals surface area contributed by atoms with Gasteiger partial charge in [0.05, 0.1) is 0 Å². The minimum atomic E-state index is 0.376. The normalized spacial score (nSPS) is 38.4. The summed E-state index contributed by atoms with van der Waals surface area (Å²) < 4.78 is 0.873. The average molecular weight is 324 g/mol. The monoisotopic (exact) mass is 324 g/mol. The lowest BCUT2D eigenvalue weighted by Gasteiger charge is -2.31. The second-order valence-corrected chi connectivity index (χ2v) is 7.06. The lowest BCUT2D eigenvalue weighted by molar-refractivity contribution is 0.198. The molecule has 0 aliphatic heterocycles. The van der Waals surface area contributed by atoms with Crippen LogP contribution in [-0.2, 0) is 0 Å². The first-order valence-corrected chi connectivity index (χ1v) is 7.65. The Morgan fingerprint density at radius 1 is 1.13 bits per heavy atom. The molecule has 0 aromatic rings. The van der Waals surface area contributed by atoms with Crippen molar-refractivity contribution in [1.82, 2.24) is 0 Å². The first-order chi connectivity index (χ1) is 7.15.